The molecule has 7 heteroatoms. The third kappa shape index (κ3) is 5.68. The minimum atomic E-state index is -0.0829. The van der Waals surface area contributed by atoms with Crippen molar-refractivity contribution in [3.05, 3.63) is 58.0 Å². The number of hydrogen-bond acceptors (Lipinski definition) is 5. The lowest BCUT2D eigenvalue weighted by Crippen LogP contribution is -2.58. The average molecular weight is 474 g/mol. The molecule has 2 unspecified atom stereocenters. The summed E-state index contributed by atoms with van der Waals surface area (Å²) >= 11 is 6.58. The number of piperidine rings is 1. The number of anilines is 1. The number of pyridine rings is 1. The maximum Gasteiger partial charge on any atom is 0.147 e. The van der Waals surface area contributed by atoms with Crippen LogP contribution in [-0.2, 0) is 6.54 Å². The SMILES string of the molecule is CCC1CN(c2ncc(C(C)N)cc2Cl)CCN1C1CCN(Cc2ccc(C)cc2F)CC1. The Kier molecular flexibility index (Phi) is 7.90. The van der Waals surface area contributed by atoms with Crippen LogP contribution in [0, 0.1) is 12.7 Å². The molecule has 0 bridgehead atoms. The normalized spacial score (nSPS) is 22.0. The van der Waals surface area contributed by atoms with Crippen LogP contribution < -0.4 is 10.6 Å². The van der Waals surface area contributed by atoms with Gasteiger partial charge in [0.25, 0.3) is 0 Å². The lowest BCUT2D eigenvalue weighted by atomic mass is 9.97. The molecule has 33 heavy (non-hydrogen) atoms. The zero-order valence-electron chi connectivity index (χ0n) is 20.1. The van der Waals surface area contributed by atoms with Gasteiger partial charge in [0, 0.05) is 56.1 Å². The molecule has 2 aliphatic heterocycles. The van der Waals surface area contributed by atoms with Gasteiger partial charge in [0.05, 0.1) is 5.02 Å². The Balaban J connectivity index is 1.34. The van der Waals surface area contributed by atoms with Crippen molar-refractivity contribution in [3.8, 4) is 0 Å². The number of halogens is 2. The molecular weight excluding hydrogens is 437 g/mol. The Morgan fingerprint density at radius 3 is 2.58 bits per heavy atom. The number of aryl methyl sites for hydroxylation is 1. The van der Waals surface area contributed by atoms with E-state index >= 15 is 0 Å². The Hall–Kier alpha value is -1.73. The number of hydrogen-bond donors (Lipinski definition) is 1. The molecule has 0 spiro atoms. The molecule has 0 amide bonds. The molecule has 180 valence electrons. The molecule has 2 saturated heterocycles. The number of nitrogens with zero attached hydrogens (tertiary/aromatic N) is 4. The van der Waals surface area contributed by atoms with E-state index in [0.717, 1.165) is 74.5 Å². The van der Waals surface area contributed by atoms with Gasteiger partial charge in [-0.3, -0.25) is 9.80 Å². The van der Waals surface area contributed by atoms with Crippen LogP contribution >= 0.6 is 11.6 Å². The van der Waals surface area contributed by atoms with Gasteiger partial charge in [-0.2, -0.15) is 0 Å². The molecule has 2 atom stereocenters. The molecule has 0 radical (unpaired) electrons. The van der Waals surface area contributed by atoms with E-state index in [1.54, 1.807) is 6.07 Å². The third-order valence-electron chi connectivity index (χ3n) is 7.30. The Morgan fingerprint density at radius 2 is 1.94 bits per heavy atom. The summed E-state index contributed by atoms with van der Waals surface area (Å²) in [5.74, 6) is 0.787. The standard InChI is InChI=1S/C26H37ClFN5/c1-4-22-17-32(26-24(27)14-21(15-30-26)19(3)29)11-12-33(22)23-7-9-31(10-8-23)16-20-6-5-18(2)13-25(20)28/h5-6,13-15,19,22-23H,4,7-12,16-17,29H2,1-3H3. The molecule has 0 aliphatic carbocycles. The summed E-state index contributed by atoms with van der Waals surface area (Å²) in [5, 5.41) is 0.685. The van der Waals surface area contributed by atoms with Gasteiger partial charge in [0.15, 0.2) is 0 Å². The first kappa shape index (κ1) is 24.4. The lowest BCUT2D eigenvalue weighted by Gasteiger charge is -2.47. The summed E-state index contributed by atoms with van der Waals surface area (Å²) < 4.78 is 14.3. The minimum absolute atomic E-state index is 0.0716. The molecule has 2 aromatic rings. The number of aromatic nitrogens is 1. The first-order valence-corrected chi connectivity index (χ1v) is 12.6. The van der Waals surface area contributed by atoms with E-state index in [4.69, 9.17) is 17.3 Å². The molecule has 3 heterocycles. The Labute approximate surface area is 202 Å². The van der Waals surface area contributed by atoms with Crippen molar-refractivity contribution >= 4 is 17.4 Å². The number of piperazine rings is 1. The maximum absolute atomic E-state index is 14.3. The fraction of sp³-hybridized carbons (Fsp3) is 0.577. The Bertz CT molecular complexity index is 944. The zero-order valence-corrected chi connectivity index (χ0v) is 20.9. The first-order valence-electron chi connectivity index (χ1n) is 12.2. The summed E-state index contributed by atoms with van der Waals surface area (Å²) in [6.07, 6.45) is 5.21. The van der Waals surface area contributed by atoms with E-state index in [-0.39, 0.29) is 11.9 Å². The van der Waals surface area contributed by atoms with E-state index in [0.29, 0.717) is 23.7 Å². The molecule has 2 fully saturated rings. The summed E-state index contributed by atoms with van der Waals surface area (Å²) in [7, 11) is 0. The van der Waals surface area contributed by atoms with E-state index < -0.39 is 0 Å². The second-order valence-electron chi connectivity index (χ2n) is 9.71. The van der Waals surface area contributed by atoms with Crippen molar-refractivity contribution in [3.63, 3.8) is 0 Å². The van der Waals surface area contributed by atoms with Gasteiger partial charge < -0.3 is 10.6 Å². The zero-order chi connectivity index (χ0) is 23.5. The van der Waals surface area contributed by atoms with Crippen LogP contribution in [0.3, 0.4) is 0 Å². The summed E-state index contributed by atoms with van der Waals surface area (Å²) in [6, 6.07) is 8.52. The summed E-state index contributed by atoms with van der Waals surface area (Å²) in [5.41, 5.74) is 8.72. The highest BCUT2D eigenvalue weighted by molar-refractivity contribution is 6.33. The molecule has 4 rings (SSSR count). The molecule has 0 saturated carbocycles. The second kappa shape index (κ2) is 10.7. The smallest absolute Gasteiger partial charge is 0.147 e. The number of benzene rings is 1. The number of rotatable bonds is 6. The van der Waals surface area contributed by atoms with Crippen molar-refractivity contribution in [2.24, 2.45) is 5.73 Å². The van der Waals surface area contributed by atoms with Crippen LogP contribution in [0.4, 0.5) is 10.2 Å². The average Bonchev–Trinajstić information content (AvgIpc) is 2.81. The van der Waals surface area contributed by atoms with Gasteiger partial charge in [0.2, 0.25) is 0 Å². The summed E-state index contributed by atoms with van der Waals surface area (Å²) in [4.78, 5) is 12.1. The summed E-state index contributed by atoms with van der Waals surface area (Å²) in [6.45, 7) is 11.8. The molecule has 1 aromatic heterocycles. The molecule has 2 aliphatic rings. The predicted octanol–water partition coefficient (Wildman–Crippen LogP) is 4.77. The first-order chi connectivity index (χ1) is 15.9. The van der Waals surface area contributed by atoms with E-state index in [1.165, 1.54) is 0 Å². The second-order valence-corrected chi connectivity index (χ2v) is 10.1. The number of nitrogens with two attached hydrogens (primary N) is 1. The van der Waals surface area contributed by atoms with Crippen molar-refractivity contribution < 1.29 is 4.39 Å². The van der Waals surface area contributed by atoms with Gasteiger partial charge >= 0.3 is 0 Å². The van der Waals surface area contributed by atoms with Gasteiger partial charge in [-0.25, -0.2) is 9.37 Å². The third-order valence-corrected chi connectivity index (χ3v) is 7.57. The van der Waals surface area contributed by atoms with E-state index in [2.05, 4.69) is 26.6 Å². The predicted molar refractivity (Wildman–Crippen MR) is 134 cm³/mol. The van der Waals surface area contributed by atoms with Crippen LogP contribution in [0.15, 0.2) is 30.5 Å². The van der Waals surface area contributed by atoms with Gasteiger partial charge in [-0.1, -0.05) is 30.7 Å². The van der Waals surface area contributed by atoms with Crippen molar-refractivity contribution in [2.75, 3.05) is 37.6 Å². The molecule has 2 N–H and O–H groups in total. The molecule has 1 aromatic carbocycles. The van der Waals surface area contributed by atoms with Crippen molar-refractivity contribution in [2.45, 2.75) is 64.7 Å². The van der Waals surface area contributed by atoms with Gasteiger partial charge in [-0.05, 0) is 69.5 Å². The fourth-order valence-corrected chi connectivity index (χ4v) is 5.56. The van der Waals surface area contributed by atoms with Crippen molar-refractivity contribution in [1.29, 1.82) is 0 Å². The van der Waals surface area contributed by atoms with Crippen LogP contribution in [-0.4, -0.2) is 59.6 Å². The van der Waals surface area contributed by atoms with E-state index in [1.807, 2.05) is 38.2 Å². The highest BCUT2D eigenvalue weighted by atomic mass is 35.5. The van der Waals surface area contributed by atoms with E-state index in [9.17, 15) is 4.39 Å². The van der Waals surface area contributed by atoms with Crippen LogP contribution in [0.25, 0.3) is 0 Å². The largest absolute Gasteiger partial charge is 0.353 e. The van der Waals surface area contributed by atoms with Crippen LogP contribution in [0.5, 0.6) is 0 Å². The number of likely N-dealkylation sites (tertiary alicyclic amines) is 1. The minimum Gasteiger partial charge on any atom is -0.353 e. The van der Waals surface area contributed by atoms with Crippen LogP contribution in [0.2, 0.25) is 5.02 Å². The van der Waals surface area contributed by atoms with Crippen LogP contribution in [0.1, 0.15) is 55.8 Å². The maximum atomic E-state index is 14.3. The highest BCUT2D eigenvalue weighted by Gasteiger charge is 2.34. The molecular formula is C26H37ClFN5. The van der Waals surface area contributed by atoms with Crippen molar-refractivity contribution in [1.82, 2.24) is 14.8 Å². The lowest BCUT2D eigenvalue weighted by molar-refractivity contribution is 0.0607. The highest BCUT2D eigenvalue weighted by Crippen LogP contribution is 2.30. The fourth-order valence-electron chi connectivity index (χ4n) is 5.26. The molecule has 5 nitrogen and oxygen atoms in total. The Morgan fingerprint density at radius 1 is 1.18 bits per heavy atom. The quantitative estimate of drug-likeness (QED) is 0.655. The monoisotopic (exact) mass is 473 g/mol. The van der Waals surface area contributed by atoms with Gasteiger partial charge in [0.1, 0.15) is 11.6 Å². The topological polar surface area (TPSA) is 48.6 Å². The van der Waals surface area contributed by atoms with Gasteiger partial charge in [-0.15, -0.1) is 0 Å².